The van der Waals surface area contributed by atoms with Crippen LogP contribution in [0.15, 0.2) is 42.5 Å². The van der Waals surface area contributed by atoms with E-state index >= 15 is 8.78 Å². The molecular weight excluding hydrogens is 509 g/mol. The standard InChI is InChI=1S/C26H26Cl2F2N4O2/c1-16-11-23-20(14-33(16)25(35)18-5-8-21(27)22(28)12-18)24-26(29,30)15-32(9-10-34(24)31-23)13-17-3-6-19(36-2)7-4-17/h3-8,12,16H,9-11,13-15H2,1-2H3/t16-/m1/s1. The van der Waals surface area contributed by atoms with E-state index in [1.54, 1.807) is 29.0 Å². The molecule has 1 aromatic heterocycles. The summed E-state index contributed by atoms with van der Waals surface area (Å²) in [6.45, 7) is 2.73. The summed E-state index contributed by atoms with van der Waals surface area (Å²) in [5, 5.41) is 5.19. The van der Waals surface area contributed by atoms with Crippen LogP contribution >= 0.6 is 23.2 Å². The molecule has 10 heteroatoms. The number of hydrogen-bond donors (Lipinski definition) is 0. The summed E-state index contributed by atoms with van der Waals surface area (Å²) >= 11 is 12.1. The van der Waals surface area contributed by atoms with Gasteiger partial charge < -0.3 is 9.64 Å². The topological polar surface area (TPSA) is 50.6 Å². The van der Waals surface area contributed by atoms with Crippen LogP contribution in [0.1, 0.15) is 39.8 Å². The lowest BCUT2D eigenvalue weighted by molar-refractivity contribution is -0.0395. The third kappa shape index (κ3) is 4.69. The highest BCUT2D eigenvalue weighted by Gasteiger charge is 2.45. The lowest BCUT2D eigenvalue weighted by atomic mass is 9.96. The van der Waals surface area contributed by atoms with Gasteiger partial charge in [0.25, 0.3) is 5.91 Å². The van der Waals surface area contributed by atoms with Crippen molar-refractivity contribution in [3.63, 3.8) is 0 Å². The maximum atomic E-state index is 15.7. The van der Waals surface area contributed by atoms with Crippen molar-refractivity contribution in [2.45, 2.75) is 44.9 Å². The normalized spacial score (nSPS) is 19.4. The van der Waals surface area contributed by atoms with Crippen molar-refractivity contribution in [3.8, 4) is 5.75 Å². The van der Waals surface area contributed by atoms with E-state index in [-0.39, 0.29) is 29.2 Å². The highest BCUT2D eigenvalue weighted by atomic mass is 35.5. The molecule has 0 radical (unpaired) electrons. The Morgan fingerprint density at radius 2 is 1.89 bits per heavy atom. The number of carbonyl (C=O) groups is 1. The highest BCUT2D eigenvalue weighted by Crippen LogP contribution is 2.39. The van der Waals surface area contributed by atoms with Crippen molar-refractivity contribution in [1.82, 2.24) is 19.6 Å². The van der Waals surface area contributed by atoms with Crippen molar-refractivity contribution < 1.29 is 18.3 Å². The van der Waals surface area contributed by atoms with Crippen LogP contribution in [-0.4, -0.2) is 51.7 Å². The number of fused-ring (bicyclic) bond motifs is 3. The molecule has 2 aliphatic heterocycles. The van der Waals surface area contributed by atoms with Crippen LogP contribution in [-0.2, 0) is 32.0 Å². The number of nitrogens with zero attached hydrogens (tertiary/aromatic N) is 4. The molecule has 2 aromatic carbocycles. The van der Waals surface area contributed by atoms with Gasteiger partial charge in [-0.25, -0.2) is 0 Å². The average molecular weight is 535 g/mol. The molecule has 0 fully saturated rings. The molecular formula is C26H26Cl2F2N4O2. The SMILES string of the molecule is COc1ccc(CN2CCn3nc4c(c3C(F)(F)C2)CN(C(=O)c2ccc(Cl)c(Cl)c2)[C@H](C)C4)cc1. The Hall–Kier alpha value is -2.68. The van der Waals surface area contributed by atoms with Gasteiger partial charge in [-0.1, -0.05) is 35.3 Å². The van der Waals surface area contributed by atoms with Crippen molar-refractivity contribution in [2.75, 3.05) is 20.2 Å². The quantitative estimate of drug-likeness (QED) is 0.450. The zero-order valence-electron chi connectivity index (χ0n) is 20.0. The van der Waals surface area contributed by atoms with Gasteiger partial charge in [0.15, 0.2) is 0 Å². The van der Waals surface area contributed by atoms with Crippen molar-refractivity contribution >= 4 is 29.1 Å². The van der Waals surface area contributed by atoms with Crippen molar-refractivity contribution in [2.24, 2.45) is 0 Å². The number of amides is 1. The Kier molecular flexibility index (Phi) is 6.70. The molecule has 3 heterocycles. The molecule has 0 aliphatic carbocycles. The van der Waals surface area contributed by atoms with Gasteiger partial charge in [-0.3, -0.25) is 14.4 Å². The van der Waals surface area contributed by atoms with Crippen molar-refractivity contribution in [3.05, 3.63) is 80.6 Å². The second kappa shape index (κ2) is 9.65. The highest BCUT2D eigenvalue weighted by molar-refractivity contribution is 6.42. The molecule has 5 rings (SSSR count). The first-order valence-electron chi connectivity index (χ1n) is 11.7. The van der Waals surface area contributed by atoms with Crippen LogP contribution in [0.5, 0.6) is 5.75 Å². The minimum atomic E-state index is -3.12. The van der Waals surface area contributed by atoms with Crippen LogP contribution in [0.2, 0.25) is 10.0 Å². The number of benzene rings is 2. The maximum Gasteiger partial charge on any atom is 0.302 e. The lowest BCUT2D eigenvalue weighted by Gasteiger charge is -2.34. The van der Waals surface area contributed by atoms with E-state index < -0.39 is 12.5 Å². The summed E-state index contributed by atoms with van der Waals surface area (Å²) in [5.41, 5.74) is 2.29. The molecule has 0 spiro atoms. The van der Waals surface area contributed by atoms with Gasteiger partial charge in [0, 0.05) is 36.7 Å². The zero-order valence-corrected chi connectivity index (χ0v) is 21.5. The fourth-order valence-corrected chi connectivity index (χ4v) is 5.33. The Balaban J connectivity index is 1.39. The van der Waals surface area contributed by atoms with E-state index in [0.717, 1.165) is 11.3 Å². The van der Waals surface area contributed by atoms with Crippen LogP contribution in [0.4, 0.5) is 8.78 Å². The first-order valence-corrected chi connectivity index (χ1v) is 12.5. The Bertz CT molecular complexity index is 1300. The molecule has 3 aromatic rings. The molecule has 0 saturated carbocycles. The Morgan fingerprint density at radius 3 is 2.58 bits per heavy atom. The lowest BCUT2D eigenvalue weighted by Crippen LogP contribution is -2.43. The van der Waals surface area contributed by atoms with Crippen LogP contribution in [0, 0.1) is 0 Å². The first kappa shape index (κ1) is 25.0. The van der Waals surface area contributed by atoms with E-state index in [9.17, 15) is 4.79 Å². The Morgan fingerprint density at radius 1 is 1.14 bits per heavy atom. The molecule has 2 aliphatic rings. The minimum Gasteiger partial charge on any atom is -0.497 e. The summed E-state index contributed by atoms with van der Waals surface area (Å²) in [6, 6.07) is 11.9. The average Bonchev–Trinajstić information content (AvgIpc) is 3.15. The predicted molar refractivity (Wildman–Crippen MR) is 134 cm³/mol. The number of alkyl halides is 2. The molecule has 1 atom stereocenters. The number of carbonyl (C=O) groups excluding carboxylic acids is 1. The van der Waals surface area contributed by atoms with E-state index in [0.29, 0.717) is 47.9 Å². The van der Waals surface area contributed by atoms with Gasteiger partial charge in [-0.2, -0.15) is 13.9 Å². The van der Waals surface area contributed by atoms with Gasteiger partial charge in [0.05, 0.1) is 42.5 Å². The van der Waals surface area contributed by atoms with Gasteiger partial charge in [-0.05, 0) is 42.8 Å². The van der Waals surface area contributed by atoms with Gasteiger partial charge >= 0.3 is 5.92 Å². The number of rotatable bonds is 4. The van der Waals surface area contributed by atoms with Crippen LogP contribution in [0.3, 0.4) is 0 Å². The maximum absolute atomic E-state index is 15.7. The molecule has 6 nitrogen and oxygen atoms in total. The van der Waals surface area contributed by atoms with E-state index in [1.807, 2.05) is 31.2 Å². The first-order chi connectivity index (χ1) is 17.2. The molecule has 36 heavy (non-hydrogen) atoms. The molecule has 0 saturated heterocycles. The molecule has 0 N–H and O–H groups in total. The monoisotopic (exact) mass is 534 g/mol. The zero-order chi connectivity index (χ0) is 25.6. The van der Waals surface area contributed by atoms with Crippen LogP contribution < -0.4 is 4.74 Å². The summed E-state index contributed by atoms with van der Waals surface area (Å²) < 4.78 is 38.1. The van der Waals surface area contributed by atoms with Gasteiger partial charge in [-0.15, -0.1) is 0 Å². The number of halogens is 4. The van der Waals surface area contributed by atoms with Gasteiger partial charge in [0.1, 0.15) is 11.4 Å². The van der Waals surface area contributed by atoms with E-state index in [2.05, 4.69) is 5.10 Å². The summed E-state index contributed by atoms with van der Waals surface area (Å²) in [6.07, 6.45) is 0.411. The largest absolute Gasteiger partial charge is 0.497 e. The number of ether oxygens (including phenoxy) is 1. The van der Waals surface area contributed by atoms with Crippen molar-refractivity contribution in [1.29, 1.82) is 0 Å². The number of hydrogen-bond acceptors (Lipinski definition) is 4. The number of methoxy groups -OCH3 is 1. The second-order valence-electron chi connectivity index (χ2n) is 9.38. The second-order valence-corrected chi connectivity index (χ2v) is 10.2. The van der Waals surface area contributed by atoms with Gasteiger partial charge in [0.2, 0.25) is 0 Å². The van der Waals surface area contributed by atoms with E-state index in [1.165, 1.54) is 10.7 Å². The molecule has 0 bridgehead atoms. The molecule has 0 unspecified atom stereocenters. The molecule has 1 amide bonds. The Labute approximate surface area is 218 Å². The third-order valence-corrected chi connectivity index (χ3v) is 7.61. The smallest absolute Gasteiger partial charge is 0.302 e. The minimum absolute atomic E-state index is 0.0684. The number of aromatic nitrogens is 2. The van der Waals surface area contributed by atoms with E-state index in [4.69, 9.17) is 27.9 Å². The molecule has 190 valence electrons. The summed E-state index contributed by atoms with van der Waals surface area (Å²) in [7, 11) is 1.59. The van der Waals surface area contributed by atoms with Crippen LogP contribution in [0.25, 0.3) is 0 Å². The fourth-order valence-electron chi connectivity index (χ4n) is 5.03. The summed E-state index contributed by atoms with van der Waals surface area (Å²) in [5.74, 6) is -2.67. The summed E-state index contributed by atoms with van der Waals surface area (Å²) in [4.78, 5) is 16.7. The fraction of sp³-hybridized carbons (Fsp3) is 0.385. The predicted octanol–water partition coefficient (Wildman–Crippen LogP) is 5.39. The third-order valence-electron chi connectivity index (χ3n) is 6.87.